The van der Waals surface area contributed by atoms with Crippen LogP contribution >= 0.6 is 22.6 Å². The van der Waals surface area contributed by atoms with E-state index in [-0.39, 0.29) is 5.04 Å². The summed E-state index contributed by atoms with van der Waals surface area (Å²) in [4.78, 5) is 0. The largest absolute Gasteiger partial charge is 0.407 e. The fourth-order valence-corrected chi connectivity index (χ4v) is 8.63. The van der Waals surface area contributed by atoms with Gasteiger partial charge in [-0.2, -0.15) is 0 Å². The molecule has 0 aliphatic rings. The molecule has 26 heavy (non-hydrogen) atoms. The lowest BCUT2D eigenvalue weighted by Crippen LogP contribution is -2.66. The van der Waals surface area contributed by atoms with E-state index in [0.29, 0.717) is 5.92 Å². The van der Waals surface area contributed by atoms with E-state index in [0.717, 1.165) is 13.0 Å². The van der Waals surface area contributed by atoms with E-state index in [1.165, 1.54) is 15.9 Å². The highest BCUT2D eigenvalue weighted by molar-refractivity contribution is 14.1. The summed E-state index contributed by atoms with van der Waals surface area (Å²) in [7, 11) is -2.39. The predicted molar refractivity (Wildman–Crippen MR) is 125 cm³/mol. The number of benzene rings is 2. The highest BCUT2D eigenvalue weighted by Gasteiger charge is 2.50. The van der Waals surface area contributed by atoms with Crippen LogP contribution in [0.4, 0.5) is 0 Å². The smallest absolute Gasteiger partial charge is 0.261 e. The van der Waals surface area contributed by atoms with Crippen LogP contribution in [-0.2, 0) is 4.43 Å². The zero-order valence-corrected chi connectivity index (χ0v) is 19.8. The molecule has 0 saturated heterocycles. The Labute approximate surface area is 174 Å². The molecule has 2 aromatic carbocycles. The third-order valence-corrected chi connectivity index (χ3v) is 10.9. The first-order valence-corrected chi connectivity index (χ1v) is 12.5. The van der Waals surface area contributed by atoms with Crippen molar-refractivity contribution in [1.82, 2.24) is 0 Å². The zero-order valence-electron chi connectivity index (χ0n) is 16.6. The van der Waals surface area contributed by atoms with E-state index >= 15 is 0 Å². The van der Waals surface area contributed by atoms with Crippen molar-refractivity contribution >= 4 is 41.3 Å². The zero-order chi connectivity index (χ0) is 19.2. The van der Waals surface area contributed by atoms with Crippen LogP contribution in [0.25, 0.3) is 0 Å². The highest BCUT2D eigenvalue weighted by atomic mass is 127. The lowest BCUT2D eigenvalue weighted by atomic mass is 10.1. The summed E-state index contributed by atoms with van der Waals surface area (Å²) in [5.41, 5.74) is 1.42. The Bertz CT molecular complexity index is 664. The van der Waals surface area contributed by atoms with Gasteiger partial charge in [-0.1, -0.05) is 117 Å². The van der Waals surface area contributed by atoms with Crippen LogP contribution < -0.4 is 10.4 Å². The second-order valence-corrected chi connectivity index (χ2v) is 13.2. The fourth-order valence-electron chi connectivity index (χ4n) is 3.68. The van der Waals surface area contributed by atoms with Crippen LogP contribution in [0.15, 0.2) is 70.3 Å². The summed E-state index contributed by atoms with van der Waals surface area (Å²) in [5.74, 6) is 0.502. The monoisotopic (exact) mass is 478 g/mol. The van der Waals surface area contributed by atoms with Gasteiger partial charge in [0.25, 0.3) is 8.32 Å². The Kier molecular flexibility index (Phi) is 7.68. The van der Waals surface area contributed by atoms with Gasteiger partial charge in [0.1, 0.15) is 0 Å². The average molecular weight is 478 g/mol. The van der Waals surface area contributed by atoms with Gasteiger partial charge in [0.2, 0.25) is 0 Å². The Morgan fingerprint density at radius 2 is 1.46 bits per heavy atom. The van der Waals surface area contributed by atoms with Gasteiger partial charge in [-0.05, 0) is 38.8 Å². The van der Waals surface area contributed by atoms with Gasteiger partial charge < -0.3 is 4.43 Å². The van der Waals surface area contributed by atoms with Crippen molar-refractivity contribution in [1.29, 1.82) is 0 Å². The van der Waals surface area contributed by atoms with Gasteiger partial charge in [0, 0.05) is 6.61 Å². The molecule has 0 spiro atoms. The van der Waals surface area contributed by atoms with E-state index in [9.17, 15) is 0 Å². The number of allylic oxidation sites excluding steroid dienone is 1. The Morgan fingerprint density at radius 1 is 1.00 bits per heavy atom. The number of hydrogen-bond donors (Lipinski definition) is 0. The minimum atomic E-state index is -2.39. The van der Waals surface area contributed by atoms with Crippen LogP contribution in [0.2, 0.25) is 5.04 Å². The molecule has 3 heteroatoms. The normalized spacial score (nSPS) is 14.3. The quantitative estimate of drug-likeness (QED) is 0.354. The SMILES string of the molecule is C/C(=C\I)C[C@H](C)CO[Si](c1ccccc1)(c1ccccc1)C(C)(C)C. The third kappa shape index (κ3) is 4.87. The van der Waals surface area contributed by atoms with Crippen molar-refractivity contribution in [3.63, 3.8) is 0 Å². The van der Waals surface area contributed by atoms with Crippen molar-refractivity contribution in [2.45, 2.75) is 46.1 Å². The van der Waals surface area contributed by atoms with Crippen LogP contribution in [0.3, 0.4) is 0 Å². The molecular weight excluding hydrogens is 447 g/mol. The van der Waals surface area contributed by atoms with Crippen LogP contribution in [0, 0.1) is 5.92 Å². The topological polar surface area (TPSA) is 9.23 Å². The minimum Gasteiger partial charge on any atom is -0.407 e. The molecule has 0 aromatic heterocycles. The molecule has 0 unspecified atom stereocenters. The Balaban J connectivity index is 2.47. The molecule has 0 fully saturated rings. The molecule has 1 nitrogen and oxygen atoms in total. The van der Waals surface area contributed by atoms with E-state index in [2.05, 4.69) is 122 Å². The summed E-state index contributed by atoms with van der Waals surface area (Å²) >= 11 is 2.33. The maximum atomic E-state index is 6.98. The molecule has 0 aliphatic heterocycles. The first-order chi connectivity index (χ1) is 12.3. The minimum absolute atomic E-state index is 0.0452. The van der Waals surface area contributed by atoms with Crippen LogP contribution in [0.1, 0.15) is 41.0 Å². The molecule has 0 radical (unpaired) electrons. The molecule has 0 bridgehead atoms. The van der Waals surface area contributed by atoms with Gasteiger partial charge in [-0.15, -0.1) is 0 Å². The standard InChI is InChI=1S/C23H31IOSi/c1-19(17-24)16-20(2)18-25-26(23(3,4)5,21-12-8-6-9-13-21)22-14-10-7-11-15-22/h6-15,17,20H,16,18H2,1-5H3/b19-17+/t20-/m0/s1. The molecule has 0 heterocycles. The van der Waals surface area contributed by atoms with Crippen LogP contribution in [0.5, 0.6) is 0 Å². The molecule has 1 atom stereocenters. The van der Waals surface area contributed by atoms with Crippen molar-refractivity contribution in [3.8, 4) is 0 Å². The van der Waals surface area contributed by atoms with Gasteiger partial charge in [0.15, 0.2) is 0 Å². The molecule has 140 valence electrons. The molecule has 0 N–H and O–H groups in total. The number of rotatable bonds is 7. The second kappa shape index (κ2) is 9.33. The van der Waals surface area contributed by atoms with E-state index in [1.807, 2.05) is 0 Å². The summed E-state index contributed by atoms with van der Waals surface area (Å²) < 4.78 is 9.16. The molecular formula is C23H31IOSi. The summed E-state index contributed by atoms with van der Waals surface area (Å²) in [6.07, 6.45) is 1.08. The maximum Gasteiger partial charge on any atom is 0.261 e. The molecule has 0 amide bonds. The first-order valence-electron chi connectivity index (χ1n) is 9.32. The van der Waals surface area contributed by atoms with Crippen LogP contribution in [-0.4, -0.2) is 14.9 Å². The molecule has 0 saturated carbocycles. The molecule has 2 rings (SSSR count). The van der Waals surface area contributed by atoms with E-state index in [4.69, 9.17) is 4.43 Å². The molecule has 2 aromatic rings. The fraction of sp³-hybridized carbons (Fsp3) is 0.391. The molecule has 0 aliphatic carbocycles. The van der Waals surface area contributed by atoms with Crippen molar-refractivity contribution in [2.75, 3.05) is 6.61 Å². The summed E-state index contributed by atoms with van der Waals surface area (Å²) in [6, 6.07) is 21.8. The summed E-state index contributed by atoms with van der Waals surface area (Å²) in [5, 5.41) is 2.75. The van der Waals surface area contributed by atoms with E-state index < -0.39 is 8.32 Å². The van der Waals surface area contributed by atoms with Crippen molar-refractivity contribution in [2.24, 2.45) is 5.92 Å². The first kappa shape index (κ1) is 21.4. The van der Waals surface area contributed by atoms with Gasteiger partial charge >= 0.3 is 0 Å². The van der Waals surface area contributed by atoms with E-state index in [1.54, 1.807) is 0 Å². The highest BCUT2D eigenvalue weighted by Crippen LogP contribution is 2.37. The summed E-state index contributed by atoms with van der Waals surface area (Å²) in [6.45, 7) is 12.3. The number of hydrogen-bond acceptors (Lipinski definition) is 1. The van der Waals surface area contributed by atoms with Crippen molar-refractivity contribution in [3.05, 3.63) is 70.3 Å². The average Bonchev–Trinajstić information content (AvgIpc) is 2.62. The van der Waals surface area contributed by atoms with Gasteiger partial charge in [-0.25, -0.2) is 0 Å². The Hall–Kier alpha value is -0.913. The maximum absolute atomic E-state index is 6.98. The Morgan fingerprint density at radius 3 is 1.85 bits per heavy atom. The van der Waals surface area contributed by atoms with Gasteiger partial charge in [-0.3, -0.25) is 0 Å². The van der Waals surface area contributed by atoms with Gasteiger partial charge in [0.05, 0.1) is 0 Å². The number of halogens is 1. The third-order valence-electron chi connectivity index (χ3n) is 4.86. The lowest BCUT2D eigenvalue weighted by Gasteiger charge is -2.43. The van der Waals surface area contributed by atoms with Crippen molar-refractivity contribution < 1.29 is 4.43 Å². The second-order valence-electron chi connectivity index (χ2n) is 8.24. The lowest BCUT2D eigenvalue weighted by molar-refractivity contribution is 0.244. The predicted octanol–water partition coefficient (Wildman–Crippen LogP) is 5.93.